The van der Waals surface area contributed by atoms with Gasteiger partial charge in [0, 0.05) is 19.6 Å². The van der Waals surface area contributed by atoms with E-state index < -0.39 is 0 Å². The summed E-state index contributed by atoms with van der Waals surface area (Å²) in [5.74, 6) is 0. The fraction of sp³-hybridized carbons (Fsp3) is 0.385. The number of hydrogen-bond acceptors (Lipinski definition) is 6. The van der Waals surface area contributed by atoms with E-state index in [-0.39, 0.29) is 0 Å². The highest BCUT2D eigenvalue weighted by Gasteiger charge is 2.02. The molecule has 0 atom stereocenters. The Morgan fingerprint density at radius 3 is 1.86 bits per heavy atom. The molecule has 0 fully saturated rings. The van der Waals surface area contributed by atoms with Gasteiger partial charge in [0.2, 0.25) is 0 Å². The standard InChI is InChI=1S/C16H17N3S2.C10H21N3S2/c17-15(18-11-13-7-3-1-4-8-13)21-16(20)19-12-14-9-5-2-6-10-14;1-3-5-7-12-9(11)15-10(14)13-8-6-4-2/h1-10H,11-12H2,(H2,17,18)(H,19,20);3-8H2,1-2H3,(H2,11,12)(H,13,14). The third-order valence-corrected chi connectivity index (χ3v) is 6.64. The highest BCUT2D eigenvalue weighted by molar-refractivity contribution is 8.33. The Balaban J connectivity index is 0.000000384. The third kappa shape index (κ3) is 17.3. The van der Waals surface area contributed by atoms with E-state index in [1.54, 1.807) is 0 Å². The summed E-state index contributed by atoms with van der Waals surface area (Å²) in [4.78, 5) is 8.53. The Morgan fingerprint density at radius 2 is 1.28 bits per heavy atom. The maximum atomic E-state index is 5.88. The Hall–Kier alpha value is -2.14. The fourth-order valence-corrected chi connectivity index (χ4v) is 4.23. The van der Waals surface area contributed by atoms with Crippen LogP contribution in [0.2, 0.25) is 0 Å². The summed E-state index contributed by atoms with van der Waals surface area (Å²) >= 11 is 13.0. The first-order valence-corrected chi connectivity index (χ1v) is 14.5. The summed E-state index contributed by atoms with van der Waals surface area (Å²) in [6, 6.07) is 20.1. The van der Waals surface area contributed by atoms with Gasteiger partial charge in [0.15, 0.2) is 10.3 Å². The molecule has 0 heterocycles. The molecule has 0 spiro atoms. The first kappa shape index (κ1) is 31.9. The molecule has 0 aromatic heterocycles. The van der Waals surface area contributed by atoms with Crippen molar-refractivity contribution >= 4 is 66.9 Å². The first-order valence-electron chi connectivity index (χ1n) is 12.0. The zero-order valence-electron chi connectivity index (χ0n) is 21.1. The number of aliphatic imine (C=N–C) groups is 2. The van der Waals surface area contributed by atoms with Gasteiger partial charge in [-0.3, -0.25) is 9.98 Å². The molecule has 10 heteroatoms. The maximum absolute atomic E-state index is 5.88. The lowest BCUT2D eigenvalue weighted by Gasteiger charge is -2.07. The van der Waals surface area contributed by atoms with Crippen LogP contribution in [0.4, 0.5) is 0 Å². The molecular formula is C26H38N6S4. The van der Waals surface area contributed by atoms with Crippen molar-refractivity contribution in [1.29, 1.82) is 0 Å². The smallest absolute Gasteiger partial charge is 0.161 e. The number of amidine groups is 2. The highest BCUT2D eigenvalue weighted by Crippen LogP contribution is 2.07. The molecule has 2 aromatic carbocycles. The van der Waals surface area contributed by atoms with Crippen molar-refractivity contribution in [1.82, 2.24) is 10.6 Å². The summed E-state index contributed by atoms with van der Waals surface area (Å²) in [5, 5.41) is 7.34. The number of hydrogen-bond donors (Lipinski definition) is 4. The van der Waals surface area contributed by atoms with E-state index in [1.165, 1.54) is 35.5 Å². The SMILES string of the molecule is CCCCN=C(N)SC(=S)NCCCC.NC(=NCc1ccccc1)SC(=S)NCc1ccccc1. The largest absolute Gasteiger partial charge is 0.378 e. The molecule has 0 bridgehead atoms. The van der Waals surface area contributed by atoms with Gasteiger partial charge in [0.25, 0.3) is 0 Å². The Labute approximate surface area is 235 Å². The summed E-state index contributed by atoms with van der Waals surface area (Å²) in [7, 11) is 0. The molecule has 6 nitrogen and oxygen atoms in total. The highest BCUT2D eigenvalue weighted by atomic mass is 32.2. The second-order valence-corrected chi connectivity index (χ2v) is 11.0. The van der Waals surface area contributed by atoms with Crippen molar-refractivity contribution in [3.05, 3.63) is 71.8 Å². The summed E-state index contributed by atoms with van der Waals surface area (Å²) in [6.45, 7) is 7.27. The molecule has 0 amide bonds. The van der Waals surface area contributed by atoms with Crippen molar-refractivity contribution in [2.45, 2.75) is 52.6 Å². The molecule has 0 aliphatic rings. The maximum Gasteiger partial charge on any atom is 0.161 e. The number of thiocarbonyl (C=S) groups is 2. The van der Waals surface area contributed by atoms with Gasteiger partial charge < -0.3 is 22.1 Å². The molecule has 2 aromatic rings. The van der Waals surface area contributed by atoms with Crippen LogP contribution in [0.1, 0.15) is 50.7 Å². The normalized spacial score (nSPS) is 11.3. The third-order valence-electron chi connectivity index (χ3n) is 4.51. The summed E-state index contributed by atoms with van der Waals surface area (Å²) < 4.78 is 1.36. The average molecular weight is 563 g/mol. The van der Waals surface area contributed by atoms with Crippen molar-refractivity contribution in [3.8, 4) is 0 Å². The molecule has 2 rings (SSSR count). The Bertz CT molecular complexity index is 936. The molecule has 0 saturated carbocycles. The molecule has 0 radical (unpaired) electrons. The van der Waals surface area contributed by atoms with Gasteiger partial charge in [-0.2, -0.15) is 0 Å². The van der Waals surface area contributed by atoms with E-state index in [4.69, 9.17) is 35.9 Å². The Kier molecular flexibility index (Phi) is 18.6. The quantitative estimate of drug-likeness (QED) is 0.124. The number of rotatable bonds is 10. The van der Waals surface area contributed by atoms with E-state index in [0.29, 0.717) is 27.7 Å². The molecule has 6 N–H and O–H groups in total. The van der Waals surface area contributed by atoms with Crippen molar-refractivity contribution in [2.24, 2.45) is 21.5 Å². The van der Waals surface area contributed by atoms with Crippen LogP contribution in [0.15, 0.2) is 70.6 Å². The van der Waals surface area contributed by atoms with Gasteiger partial charge in [-0.25, -0.2) is 0 Å². The lowest BCUT2D eigenvalue weighted by Crippen LogP contribution is -2.23. The van der Waals surface area contributed by atoms with Gasteiger partial charge in [0.05, 0.1) is 6.54 Å². The zero-order valence-corrected chi connectivity index (χ0v) is 24.4. The minimum Gasteiger partial charge on any atom is -0.378 e. The van der Waals surface area contributed by atoms with E-state index in [0.717, 1.165) is 42.2 Å². The van der Waals surface area contributed by atoms with Gasteiger partial charge in [0.1, 0.15) is 8.64 Å². The van der Waals surface area contributed by atoms with Crippen LogP contribution in [0, 0.1) is 0 Å². The summed E-state index contributed by atoms with van der Waals surface area (Å²) in [6.07, 6.45) is 4.52. The van der Waals surface area contributed by atoms with Crippen molar-refractivity contribution < 1.29 is 0 Å². The van der Waals surface area contributed by atoms with Gasteiger partial charge in [-0.1, -0.05) is 112 Å². The lowest BCUT2D eigenvalue weighted by molar-refractivity contribution is 0.763. The number of nitrogens with two attached hydrogens (primary N) is 2. The van der Waals surface area contributed by atoms with Crippen molar-refractivity contribution in [3.63, 3.8) is 0 Å². The molecular weight excluding hydrogens is 525 g/mol. The topological polar surface area (TPSA) is 101 Å². The van der Waals surface area contributed by atoms with Crippen LogP contribution in [0.3, 0.4) is 0 Å². The second-order valence-electron chi connectivity index (χ2n) is 7.61. The second kappa shape index (κ2) is 21.0. The van der Waals surface area contributed by atoms with E-state index in [2.05, 4.69) is 34.5 Å². The number of thioether (sulfide) groups is 2. The average Bonchev–Trinajstić information content (AvgIpc) is 2.88. The zero-order chi connectivity index (χ0) is 26.4. The molecule has 196 valence electrons. The monoisotopic (exact) mass is 562 g/mol. The predicted molar refractivity (Wildman–Crippen MR) is 170 cm³/mol. The van der Waals surface area contributed by atoms with Gasteiger partial charge in [-0.05, 0) is 47.5 Å². The van der Waals surface area contributed by atoms with Crippen molar-refractivity contribution in [2.75, 3.05) is 13.1 Å². The van der Waals surface area contributed by atoms with Gasteiger partial charge in [-0.15, -0.1) is 0 Å². The van der Waals surface area contributed by atoms with Crippen LogP contribution in [-0.4, -0.2) is 32.1 Å². The number of nitrogens with one attached hydrogen (secondary N) is 2. The van der Waals surface area contributed by atoms with E-state index in [9.17, 15) is 0 Å². The molecule has 0 saturated heterocycles. The van der Waals surface area contributed by atoms with Crippen LogP contribution in [0.25, 0.3) is 0 Å². The summed E-state index contributed by atoms with van der Waals surface area (Å²) in [5.41, 5.74) is 13.9. The molecule has 0 unspecified atom stereocenters. The minimum absolute atomic E-state index is 0.476. The fourth-order valence-electron chi connectivity index (χ4n) is 2.56. The number of nitrogens with zero attached hydrogens (tertiary/aromatic N) is 2. The van der Waals surface area contributed by atoms with Gasteiger partial charge >= 0.3 is 0 Å². The van der Waals surface area contributed by atoms with E-state index in [1.807, 2.05) is 60.7 Å². The molecule has 0 aliphatic carbocycles. The first-order chi connectivity index (χ1) is 17.4. The Morgan fingerprint density at radius 1 is 0.750 bits per heavy atom. The number of benzene rings is 2. The van der Waals surface area contributed by atoms with Crippen LogP contribution >= 0.6 is 48.0 Å². The van der Waals surface area contributed by atoms with Crippen LogP contribution < -0.4 is 22.1 Å². The predicted octanol–water partition coefficient (Wildman–Crippen LogP) is 5.82. The molecule has 0 aliphatic heterocycles. The van der Waals surface area contributed by atoms with E-state index >= 15 is 0 Å². The molecule has 36 heavy (non-hydrogen) atoms. The van der Waals surface area contributed by atoms with Crippen LogP contribution in [-0.2, 0) is 13.1 Å². The lowest BCUT2D eigenvalue weighted by atomic mass is 10.2. The number of unbranched alkanes of at least 4 members (excludes halogenated alkanes) is 2. The minimum atomic E-state index is 0.476. The van der Waals surface area contributed by atoms with Crippen LogP contribution in [0.5, 0.6) is 0 Å².